The third-order valence-corrected chi connectivity index (χ3v) is 9.76. The van der Waals surface area contributed by atoms with E-state index in [1.807, 2.05) is 47.6 Å². The second kappa shape index (κ2) is 16.9. The number of aliphatic hydroxyl groups is 1. The van der Waals surface area contributed by atoms with Crippen molar-refractivity contribution in [3.63, 3.8) is 0 Å². The van der Waals surface area contributed by atoms with Crippen LogP contribution in [0.2, 0.25) is 0 Å². The van der Waals surface area contributed by atoms with Crippen molar-refractivity contribution in [1.29, 1.82) is 0 Å². The van der Waals surface area contributed by atoms with E-state index in [-0.39, 0.29) is 13.1 Å². The number of hydrazine groups is 1. The molecule has 0 radical (unpaired) electrons. The molecule has 1 fully saturated rings. The van der Waals surface area contributed by atoms with Crippen molar-refractivity contribution in [2.45, 2.75) is 96.6 Å². The first kappa shape index (κ1) is 40.7. The number of hydrogen-bond donors (Lipinski definition) is 4. The molecule has 54 heavy (non-hydrogen) atoms. The van der Waals surface area contributed by atoms with E-state index in [9.17, 15) is 24.6 Å². The maximum absolute atomic E-state index is 15.1. The molecule has 0 aliphatic carbocycles. The van der Waals surface area contributed by atoms with Gasteiger partial charge in [0, 0.05) is 68.9 Å². The molecule has 2 unspecified atom stereocenters. The fourth-order valence-electron chi connectivity index (χ4n) is 7.18. The number of aliphatic hydroxyl groups excluding tert-OH is 1. The van der Waals surface area contributed by atoms with E-state index < -0.39 is 60.7 Å². The normalized spacial score (nSPS) is 18.3. The summed E-state index contributed by atoms with van der Waals surface area (Å²) in [5.74, 6) is -4.93. The van der Waals surface area contributed by atoms with E-state index >= 15 is 8.78 Å². The number of aromatic nitrogens is 2. The Morgan fingerprint density at radius 2 is 1.93 bits per heavy atom. The van der Waals surface area contributed by atoms with E-state index in [1.165, 1.54) is 5.01 Å². The number of fused-ring (bicyclic) bond motifs is 1. The summed E-state index contributed by atoms with van der Waals surface area (Å²) in [6, 6.07) is 7.41. The van der Waals surface area contributed by atoms with Gasteiger partial charge in [0.2, 0.25) is 0 Å². The van der Waals surface area contributed by atoms with Gasteiger partial charge in [0.1, 0.15) is 24.3 Å². The van der Waals surface area contributed by atoms with Crippen LogP contribution in [0, 0.1) is 0 Å². The zero-order valence-electron chi connectivity index (χ0n) is 31.8. The van der Waals surface area contributed by atoms with Crippen LogP contribution in [0.25, 0.3) is 27.7 Å². The lowest BCUT2D eigenvalue weighted by atomic mass is 9.95. The van der Waals surface area contributed by atoms with Crippen molar-refractivity contribution >= 4 is 34.4 Å². The highest BCUT2D eigenvalue weighted by Gasteiger charge is 2.36. The first-order valence-corrected chi connectivity index (χ1v) is 18.4. The van der Waals surface area contributed by atoms with Crippen LogP contribution in [-0.4, -0.2) is 111 Å². The fourth-order valence-corrected chi connectivity index (χ4v) is 7.18. The van der Waals surface area contributed by atoms with E-state index in [0.717, 1.165) is 16.7 Å². The number of carbonyl (C=O) groups excluding carboxylic acids is 2. The van der Waals surface area contributed by atoms with Crippen molar-refractivity contribution in [3.05, 3.63) is 59.4 Å². The number of aliphatic carboxylic acids is 1. The third kappa shape index (κ3) is 9.43. The number of nitrogens with one attached hydrogen (secondary N) is 2. The zero-order valence-corrected chi connectivity index (χ0v) is 31.8. The second-order valence-corrected chi connectivity index (χ2v) is 14.9. The Bertz CT molecular complexity index is 1870. The topological polar surface area (TPSA) is 158 Å². The maximum atomic E-state index is 15.1. The lowest BCUT2D eigenvalue weighted by Crippen LogP contribution is -2.62. The Kier molecular flexibility index (Phi) is 12.8. The van der Waals surface area contributed by atoms with Crippen LogP contribution in [0.15, 0.2) is 42.6 Å². The van der Waals surface area contributed by atoms with Gasteiger partial charge < -0.3 is 29.6 Å². The number of halogens is 2. The summed E-state index contributed by atoms with van der Waals surface area (Å²) >= 11 is 0. The molecule has 294 valence electrons. The lowest BCUT2D eigenvalue weighted by molar-refractivity contribution is -0.148. The number of aryl methyl sites for hydroxylation is 1. The molecule has 2 aliphatic heterocycles. The van der Waals surface area contributed by atoms with Crippen LogP contribution < -0.4 is 10.7 Å². The number of hydrogen-bond acceptors (Lipinski definition) is 9. The summed E-state index contributed by atoms with van der Waals surface area (Å²) in [5.41, 5.74) is 6.71. The van der Waals surface area contributed by atoms with Gasteiger partial charge in [0.25, 0.3) is 11.8 Å². The molecule has 3 aromatic rings. The average Bonchev–Trinajstić information content (AvgIpc) is 3.44. The first-order chi connectivity index (χ1) is 25.6. The molecule has 13 nitrogen and oxygen atoms in total. The fraction of sp³-hybridized carbons (Fsp3) is 0.538. The molecule has 0 spiro atoms. The van der Waals surface area contributed by atoms with Crippen molar-refractivity contribution in [2.24, 2.45) is 0 Å². The molecule has 0 bridgehead atoms. The Morgan fingerprint density at radius 1 is 1.17 bits per heavy atom. The van der Waals surface area contributed by atoms with Crippen molar-refractivity contribution in [1.82, 2.24) is 30.2 Å². The SMILES string of the molecule is CCn1c(-c2cccnc2C(C)OC)c(CC(F)(F)CO)c2cc(C3=CCCN(CC(NC(=O)OC(C)(C)C)C(=O)N4CCC[C@@H](C(=O)O)N4)C3)ccc21. The van der Waals surface area contributed by atoms with Gasteiger partial charge in [-0.2, -0.15) is 0 Å². The van der Waals surface area contributed by atoms with Crippen LogP contribution in [0.3, 0.4) is 0 Å². The number of alkyl carbamates (subject to hydrolysis) is 1. The third-order valence-electron chi connectivity index (χ3n) is 9.76. The van der Waals surface area contributed by atoms with Gasteiger partial charge in [-0.05, 0) is 94.8 Å². The summed E-state index contributed by atoms with van der Waals surface area (Å²) in [4.78, 5) is 45.1. The minimum absolute atomic E-state index is 0.110. The number of carboxylic acids is 1. The number of alkyl halides is 2. The van der Waals surface area contributed by atoms with Crippen molar-refractivity contribution in [3.8, 4) is 11.3 Å². The quantitative estimate of drug-likeness (QED) is 0.184. The molecule has 1 saturated heterocycles. The van der Waals surface area contributed by atoms with E-state index in [2.05, 4.69) is 21.8 Å². The van der Waals surface area contributed by atoms with Gasteiger partial charge in [-0.15, -0.1) is 0 Å². The minimum atomic E-state index is -3.38. The number of carbonyl (C=O) groups is 3. The number of pyridine rings is 1. The molecule has 0 saturated carbocycles. The highest BCUT2D eigenvalue weighted by molar-refractivity contribution is 5.95. The number of methoxy groups -OCH3 is 1. The molecule has 4 N–H and O–H groups in total. The smallest absolute Gasteiger partial charge is 0.408 e. The summed E-state index contributed by atoms with van der Waals surface area (Å²) in [6.07, 6.45) is 3.32. The Hall–Kier alpha value is -4.44. The Morgan fingerprint density at radius 3 is 2.59 bits per heavy atom. The van der Waals surface area contributed by atoms with Gasteiger partial charge in [-0.25, -0.2) is 19.0 Å². The molecule has 5 rings (SSSR count). The molecular formula is C39H52F2N6O7. The lowest BCUT2D eigenvalue weighted by Gasteiger charge is -2.36. The first-order valence-electron chi connectivity index (χ1n) is 18.4. The molecule has 2 amide bonds. The average molecular weight is 755 g/mol. The van der Waals surface area contributed by atoms with Crippen molar-refractivity contribution < 1.29 is 42.9 Å². The van der Waals surface area contributed by atoms with E-state index in [0.29, 0.717) is 66.8 Å². The summed E-state index contributed by atoms with van der Waals surface area (Å²) in [5, 5.41) is 23.8. The van der Waals surface area contributed by atoms with Crippen LogP contribution in [0.1, 0.15) is 76.8 Å². The van der Waals surface area contributed by atoms with E-state index in [4.69, 9.17) is 9.47 Å². The molecule has 2 aromatic heterocycles. The Balaban J connectivity index is 1.49. The van der Waals surface area contributed by atoms with Crippen LogP contribution >= 0.6 is 0 Å². The molecule has 2 aliphatic rings. The minimum Gasteiger partial charge on any atom is -0.480 e. The number of rotatable bonds is 13. The Labute approximate surface area is 314 Å². The van der Waals surface area contributed by atoms with Gasteiger partial charge in [0.15, 0.2) is 0 Å². The van der Waals surface area contributed by atoms with Crippen LogP contribution in [0.4, 0.5) is 13.6 Å². The monoisotopic (exact) mass is 754 g/mol. The summed E-state index contributed by atoms with van der Waals surface area (Å²) in [6.45, 7) is 9.49. The molecular weight excluding hydrogens is 702 g/mol. The van der Waals surface area contributed by atoms with E-state index in [1.54, 1.807) is 40.1 Å². The van der Waals surface area contributed by atoms with Gasteiger partial charge in [-0.3, -0.25) is 24.5 Å². The summed E-state index contributed by atoms with van der Waals surface area (Å²) < 4.78 is 43.4. The predicted molar refractivity (Wildman–Crippen MR) is 200 cm³/mol. The highest BCUT2D eigenvalue weighted by atomic mass is 19.3. The number of carboxylic acid groups (broad SMARTS) is 1. The summed E-state index contributed by atoms with van der Waals surface area (Å²) in [7, 11) is 1.57. The predicted octanol–water partition coefficient (Wildman–Crippen LogP) is 5.16. The van der Waals surface area contributed by atoms with Gasteiger partial charge in [0.05, 0.1) is 17.5 Å². The van der Waals surface area contributed by atoms with Gasteiger partial charge in [-0.1, -0.05) is 12.1 Å². The number of ether oxygens (including phenoxy) is 2. The maximum Gasteiger partial charge on any atom is 0.408 e. The molecule has 3 atom stereocenters. The molecule has 15 heteroatoms. The largest absolute Gasteiger partial charge is 0.480 e. The molecule has 4 heterocycles. The van der Waals surface area contributed by atoms with Crippen molar-refractivity contribution in [2.75, 3.05) is 39.9 Å². The van der Waals surface area contributed by atoms with Crippen LogP contribution in [-0.2, 0) is 32.0 Å². The second-order valence-electron chi connectivity index (χ2n) is 14.9. The zero-order chi connectivity index (χ0) is 39.4. The number of amides is 2. The number of nitrogens with zero attached hydrogens (tertiary/aromatic N) is 4. The molecule has 1 aromatic carbocycles. The van der Waals surface area contributed by atoms with Crippen LogP contribution in [0.5, 0.6) is 0 Å². The van der Waals surface area contributed by atoms with Gasteiger partial charge >= 0.3 is 12.1 Å². The highest BCUT2D eigenvalue weighted by Crippen LogP contribution is 2.41. The number of benzene rings is 1. The standard InChI is InChI=1S/C39H52F2N6O7/c1-7-46-32-15-14-25(19-28(32)29(20-39(40,41)23-48)34(46)27-12-8-16-42-33(27)24(2)53-6)26-11-9-17-45(21-26)22-31(43-37(52)54-38(3,4)5)35(49)47-18-10-13-30(44-47)36(50)51/h8,11-12,14-16,19,24,30-31,44,48H,7,9-10,13,17-18,20-23H2,1-6H3,(H,43,52)(H,50,51)/t24?,30-,31?/m0/s1.